The largest absolute Gasteiger partial charge is 0.489 e. The van der Waals surface area contributed by atoms with Crippen LogP contribution in [0.15, 0.2) is 59.4 Å². The molecule has 25 heavy (non-hydrogen) atoms. The Morgan fingerprint density at radius 3 is 2.80 bits per heavy atom. The van der Waals surface area contributed by atoms with E-state index >= 15 is 0 Å². The van der Waals surface area contributed by atoms with Crippen LogP contribution >= 0.6 is 0 Å². The molecule has 1 N–H and O–H groups in total. The average molecular weight is 339 g/mol. The number of hydrogen-bond donors (Lipinski definition) is 1. The van der Waals surface area contributed by atoms with E-state index in [1.54, 1.807) is 0 Å². The van der Waals surface area contributed by atoms with Crippen molar-refractivity contribution in [1.29, 1.82) is 0 Å². The fourth-order valence-corrected chi connectivity index (χ4v) is 3.43. The van der Waals surface area contributed by atoms with E-state index in [0.29, 0.717) is 6.61 Å². The highest BCUT2D eigenvalue weighted by Gasteiger charge is 2.27. The summed E-state index contributed by atoms with van der Waals surface area (Å²) in [5.41, 5.74) is 4.71. The molecule has 1 atom stereocenters. The Bertz CT molecular complexity index is 743. The van der Waals surface area contributed by atoms with Crippen molar-refractivity contribution >= 4 is 5.97 Å². The van der Waals surface area contributed by atoms with E-state index in [2.05, 4.69) is 23.1 Å². The lowest BCUT2D eigenvalue weighted by molar-refractivity contribution is -0.137. The molecular weight excluding hydrogens is 314 g/mol. The van der Waals surface area contributed by atoms with Crippen molar-refractivity contribution in [3.05, 3.63) is 70.5 Å². The lowest BCUT2D eigenvalue weighted by atomic mass is 9.81. The van der Waals surface area contributed by atoms with Crippen LogP contribution in [0.1, 0.15) is 24.0 Å². The highest BCUT2D eigenvalue weighted by atomic mass is 16.5. The summed E-state index contributed by atoms with van der Waals surface area (Å²) in [6.45, 7) is 1.50. The standard InChI is InChI=1S/C21H25NO3/c1-22(2)11-5-8-18-16(13-21(23)24)9-10-20-19(18)12-15-6-3-4-7-17(15)14-25-20/h3-4,6-10,16H,5,11-14H2,1-2H3,(H,23,24)/b18-8+. The van der Waals surface area contributed by atoms with E-state index in [1.807, 2.05) is 38.4 Å². The van der Waals surface area contributed by atoms with Gasteiger partial charge in [-0.2, -0.15) is 0 Å². The minimum absolute atomic E-state index is 0.0905. The SMILES string of the molecule is CN(C)CC/C=C1/C2=C(C=CC1CC(=O)O)OCc1ccccc1C2. The average Bonchev–Trinajstić information content (AvgIpc) is 2.75. The maximum Gasteiger partial charge on any atom is 0.304 e. The number of benzene rings is 1. The van der Waals surface area contributed by atoms with Crippen LogP contribution in [-0.4, -0.2) is 36.6 Å². The van der Waals surface area contributed by atoms with E-state index in [0.717, 1.165) is 36.3 Å². The summed E-state index contributed by atoms with van der Waals surface area (Å²) < 4.78 is 6.04. The normalized spacial score (nSPS) is 20.9. The molecule has 0 bridgehead atoms. The van der Waals surface area contributed by atoms with E-state index in [4.69, 9.17) is 4.74 Å². The number of rotatable bonds is 5. The molecule has 0 aromatic heterocycles. The first kappa shape index (κ1) is 17.5. The van der Waals surface area contributed by atoms with Gasteiger partial charge in [-0.15, -0.1) is 0 Å². The lowest BCUT2D eigenvalue weighted by Crippen LogP contribution is -2.17. The monoisotopic (exact) mass is 339 g/mol. The molecule has 1 aromatic rings. The van der Waals surface area contributed by atoms with Crippen molar-refractivity contribution in [2.45, 2.75) is 25.9 Å². The third-order valence-corrected chi connectivity index (χ3v) is 4.73. The topological polar surface area (TPSA) is 49.8 Å². The molecule has 0 saturated carbocycles. The number of ether oxygens (including phenoxy) is 1. The van der Waals surface area contributed by atoms with Gasteiger partial charge < -0.3 is 14.7 Å². The number of carboxylic acid groups (broad SMARTS) is 1. The van der Waals surface area contributed by atoms with Gasteiger partial charge in [0.05, 0.1) is 6.42 Å². The van der Waals surface area contributed by atoms with Crippen LogP contribution in [0.2, 0.25) is 0 Å². The second kappa shape index (κ2) is 7.70. The summed E-state index contributed by atoms with van der Waals surface area (Å²) >= 11 is 0. The Balaban J connectivity index is 1.94. The Kier molecular flexibility index (Phi) is 5.39. The Morgan fingerprint density at radius 1 is 1.32 bits per heavy atom. The molecule has 1 heterocycles. The first-order valence-corrected chi connectivity index (χ1v) is 8.72. The second-order valence-corrected chi connectivity index (χ2v) is 6.89. The summed E-state index contributed by atoms with van der Waals surface area (Å²) in [5.74, 6) is 0.0216. The van der Waals surface area contributed by atoms with Gasteiger partial charge in [-0.05, 0) is 43.3 Å². The van der Waals surface area contributed by atoms with Crippen LogP contribution in [0.3, 0.4) is 0 Å². The minimum Gasteiger partial charge on any atom is -0.489 e. The van der Waals surface area contributed by atoms with Gasteiger partial charge in [-0.25, -0.2) is 0 Å². The van der Waals surface area contributed by atoms with Crippen molar-refractivity contribution in [3.63, 3.8) is 0 Å². The molecule has 0 saturated heterocycles. The molecule has 1 unspecified atom stereocenters. The quantitative estimate of drug-likeness (QED) is 0.891. The highest BCUT2D eigenvalue weighted by Crippen LogP contribution is 2.37. The fourth-order valence-electron chi connectivity index (χ4n) is 3.43. The van der Waals surface area contributed by atoms with Gasteiger partial charge >= 0.3 is 5.97 Å². The van der Waals surface area contributed by atoms with Crippen molar-refractivity contribution < 1.29 is 14.6 Å². The van der Waals surface area contributed by atoms with Gasteiger partial charge in [0, 0.05) is 24.5 Å². The molecule has 3 rings (SSSR count). The smallest absolute Gasteiger partial charge is 0.304 e. The molecule has 0 fully saturated rings. The molecule has 4 nitrogen and oxygen atoms in total. The molecule has 1 aromatic carbocycles. The maximum atomic E-state index is 11.3. The fraction of sp³-hybridized carbons (Fsp3) is 0.381. The van der Waals surface area contributed by atoms with Gasteiger partial charge in [0.2, 0.25) is 0 Å². The zero-order chi connectivity index (χ0) is 17.8. The third kappa shape index (κ3) is 4.20. The Morgan fingerprint density at radius 2 is 2.08 bits per heavy atom. The van der Waals surface area contributed by atoms with E-state index in [1.165, 1.54) is 11.1 Å². The van der Waals surface area contributed by atoms with Crippen molar-refractivity contribution in [3.8, 4) is 0 Å². The number of fused-ring (bicyclic) bond motifs is 1. The van der Waals surface area contributed by atoms with Gasteiger partial charge in [0.25, 0.3) is 0 Å². The van der Waals surface area contributed by atoms with E-state index in [-0.39, 0.29) is 12.3 Å². The number of carboxylic acids is 1. The Hall–Kier alpha value is -2.33. The molecule has 0 amide bonds. The summed E-state index contributed by atoms with van der Waals surface area (Å²) in [4.78, 5) is 13.4. The van der Waals surface area contributed by atoms with Crippen LogP contribution in [-0.2, 0) is 22.6 Å². The van der Waals surface area contributed by atoms with Crippen molar-refractivity contribution in [1.82, 2.24) is 4.90 Å². The van der Waals surface area contributed by atoms with Gasteiger partial charge in [0.15, 0.2) is 0 Å². The number of nitrogens with zero attached hydrogens (tertiary/aromatic N) is 1. The number of hydrogen-bond acceptors (Lipinski definition) is 3. The number of carbonyl (C=O) groups is 1. The van der Waals surface area contributed by atoms with E-state index < -0.39 is 5.97 Å². The van der Waals surface area contributed by atoms with Crippen molar-refractivity contribution in [2.75, 3.05) is 20.6 Å². The maximum absolute atomic E-state index is 11.3. The summed E-state index contributed by atoms with van der Waals surface area (Å²) in [6, 6.07) is 8.31. The summed E-state index contributed by atoms with van der Waals surface area (Å²) in [7, 11) is 4.09. The van der Waals surface area contributed by atoms with Crippen LogP contribution in [0.25, 0.3) is 0 Å². The predicted molar refractivity (Wildman–Crippen MR) is 98.1 cm³/mol. The minimum atomic E-state index is -0.771. The van der Waals surface area contributed by atoms with Gasteiger partial charge in [-0.3, -0.25) is 4.79 Å². The third-order valence-electron chi connectivity index (χ3n) is 4.73. The number of allylic oxidation sites excluding steroid dienone is 4. The predicted octanol–water partition coefficient (Wildman–Crippen LogP) is 3.55. The molecular formula is C21H25NO3. The zero-order valence-corrected chi connectivity index (χ0v) is 14.9. The van der Waals surface area contributed by atoms with Gasteiger partial charge in [0.1, 0.15) is 12.4 Å². The molecule has 4 heteroatoms. The van der Waals surface area contributed by atoms with Crippen LogP contribution in [0.4, 0.5) is 0 Å². The molecule has 132 valence electrons. The highest BCUT2D eigenvalue weighted by molar-refractivity contribution is 5.69. The second-order valence-electron chi connectivity index (χ2n) is 6.89. The summed E-state index contributed by atoms with van der Waals surface area (Å²) in [6.07, 6.45) is 7.93. The molecule has 0 spiro atoms. The molecule has 1 aliphatic heterocycles. The first-order chi connectivity index (χ1) is 12.0. The van der Waals surface area contributed by atoms with Crippen LogP contribution in [0.5, 0.6) is 0 Å². The first-order valence-electron chi connectivity index (χ1n) is 8.72. The van der Waals surface area contributed by atoms with E-state index in [9.17, 15) is 9.90 Å². The lowest BCUT2D eigenvalue weighted by Gasteiger charge is -2.24. The molecule has 1 aliphatic carbocycles. The van der Waals surface area contributed by atoms with Crippen molar-refractivity contribution in [2.24, 2.45) is 5.92 Å². The zero-order valence-electron chi connectivity index (χ0n) is 14.9. The van der Waals surface area contributed by atoms with Crippen LogP contribution < -0.4 is 0 Å². The summed E-state index contributed by atoms with van der Waals surface area (Å²) in [5, 5.41) is 9.29. The Labute approximate surface area is 149 Å². The van der Waals surface area contributed by atoms with Gasteiger partial charge in [-0.1, -0.05) is 36.4 Å². The molecule has 2 aliphatic rings. The molecule has 0 radical (unpaired) electrons. The number of aliphatic carboxylic acids is 1. The van der Waals surface area contributed by atoms with Crippen LogP contribution in [0, 0.1) is 5.92 Å².